The summed E-state index contributed by atoms with van der Waals surface area (Å²) in [5.74, 6) is 7.16. The molecule has 0 atom stereocenters. The Hall–Kier alpha value is -1.24. The standard InChI is InChI=1S/C14H22N4O2/c1-19-14(6-8-20-9-7-14)13-16-11-5-3-2-4-10(11)12(17-13)18-15/h2-9,15H2,1H3,(H,16,17,18). The van der Waals surface area contributed by atoms with Gasteiger partial charge in [0.2, 0.25) is 0 Å². The molecule has 20 heavy (non-hydrogen) atoms. The van der Waals surface area contributed by atoms with Crippen LogP contribution in [-0.2, 0) is 27.9 Å². The molecular formula is C14H22N4O2. The van der Waals surface area contributed by atoms with Gasteiger partial charge in [0, 0.05) is 44.4 Å². The third-order valence-electron chi connectivity index (χ3n) is 4.42. The minimum Gasteiger partial charge on any atom is -0.381 e. The zero-order chi connectivity index (χ0) is 14.0. The van der Waals surface area contributed by atoms with E-state index in [-0.39, 0.29) is 0 Å². The summed E-state index contributed by atoms with van der Waals surface area (Å²) in [6, 6.07) is 0. The summed E-state index contributed by atoms with van der Waals surface area (Å²) in [6.45, 7) is 1.36. The lowest BCUT2D eigenvalue weighted by atomic mass is 9.91. The van der Waals surface area contributed by atoms with Gasteiger partial charge >= 0.3 is 0 Å². The van der Waals surface area contributed by atoms with E-state index in [9.17, 15) is 0 Å². The van der Waals surface area contributed by atoms with Crippen LogP contribution in [0.5, 0.6) is 0 Å². The molecule has 3 rings (SSSR count). The Morgan fingerprint density at radius 1 is 1.20 bits per heavy atom. The zero-order valence-electron chi connectivity index (χ0n) is 11.9. The molecule has 3 N–H and O–H groups in total. The number of nitrogens with one attached hydrogen (secondary N) is 1. The molecule has 110 valence electrons. The van der Waals surface area contributed by atoms with E-state index < -0.39 is 5.60 Å². The molecule has 1 saturated heterocycles. The van der Waals surface area contributed by atoms with Gasteiger partial charge in [-0.15, -0.1) is 0 Å². The van der Waals surface area contributed by atoms with Gasteiger partial charge in [0.15, 0.2) is 5.82 Å². The molecule has 6 heteroatoms. The number of rotatable bonds is 3. The second-order valence-electron chi connectivity index (χ2n) is 5.48. The Bertz CT molecular complexity index is 469. The van der Waals surface area contributed by atoms with Crippen molar-refractivity contribution in [1.82, 2.24) is 9.97 Å². The third-order valence-corrected chi connectivity index (χ3v) is 4.42. The molecule has 1 aromatic heterocycles. The molecule has 1 aromatic rings. The number of hydrogen-bond donors (Lipinski definition) is 2. The van der Waals surface area contributed by atoms with Crippen LogP contribution in [-0.4, -0.2) is 30.3 Å². The largest absolute Gasteiger partial charge is 0.381 e. The van der Waals surface area contributed by atoms with Crippen LogP contribution in [0.1, 0.15) is 42.8 Å². The van der Waals surface area contributed by atoms with Crippen LogP contribution in [0.25, 0.3) is 0 Å². The number of hydrazine groups is 1. The predicted molar refractivity (Wildman–Crippen MR) is 75.2 cm³/mol. The predicted octanol–water partition coefficient (Wildman–Crippen LogP) is 1.29. The van der Waals surface area contributed by atoms with E-state index in [0.717, 1.165) is 43.0 Å². The maximum Gasteiger partial charge on any atom is 0.163 e. The topological polar surface area (TPSA) is 82.3 Å². The lowest BCUT2D eigenvalue weighted by Crippen LogP contribution is -2.38. The maximum atomic E-state index is 5.78. The van der Waals surface area contributed by atoms with Crippen LogP contribution in [0.2, 0.25) is 0 Å². The fourth-order valence-corrected chi connectivity index (χ4v) is 3.14. The van der Waals surface area contributed by atoms with Crippen molar-refractivity contribution in [3.63, 3.8) is 0 Å². The van der Waals surface area contributed by atoms with E-state index in [1.807, 2.05) is 0 Å². The summed E-state index contributed by atoms with van der Waals surface area (Å²) in [5.41, 5.74) is 4.59. The van der Waals surface area contributed by atoms with Crippen molar-refractivity contribution in [2.45, 2.75) is 44.1 Å². The van der Waals surface area contributed by atoms with Crippen molar-refractivity contribution < 1.29 is 9.47 Å². The normalized spacial score (nSPS) is 21.3. The Kier molecular flexibility index (Phi) is 3.87. The second-order valence-corrected chi connectivity index (χ2v) is 5.48. The minimum atomic E-state index is -0.434. The number of aryl methyl sites for hydroxylation is 1. The summed E-state index contributed by atoms with van der Waals surface area (Å²) < 4.78 is 11.2. The van der Waals surface area contributed by atoms with Gasteiger partial charge in [-0.2, -0.15) is 0 Å². The summed E-state index contributed by atoms with van der Waals surface area (Å²) in [5, 5.41) is 0. The number of aromatic nitrogens is 2. The Morgan fingerprint density at radius 2 is 1.95 bits per heavy atom. The Balaban J connectivity index is 2.04. The van der Waals surface area contributed by atoms with Crippen LogP contribution in [0.4, 0.5) is 5.82 Å². The molecule has 2 aliphatic rings. The van der Waals surface area contributed by atoms with Crippen molar-refractivity contribution in [3.05, 3.63) is 17.1 Å². The Labute approximate surface area is 119 Å². The lowest BCUT2D eigenvalue weighted by molar-refractivity contribution is -0.100. The summed E-state index contributed by atoms with van der Waals surface area (Å²) >= 11 is 0. The first kappa shape index (κ1) is 13.7. The van der Waals surface area contributed by atoms with Gasteiger partial charge < -0.3 is 14.9 Å². The van der Waals surface area contributed by atoms with Crippen LogP contribution >= 0.6 is 0 Å². The molecule has 0 spiro atoms. The van der Waals surface area contributed by atoms with Gasteiger partial charge in [-0.3, -0.25) is 0 Å². The van der Waals surface area contributed by atoms with Gasteiger partial charge in [-0.1, -0.05) is 0 Å². The molecule has 1 aliphatic carbocycles. The highest BCUT2D eigenvalue weighted by Gasteiger charge is 2.38. The molecule has 2 heterocycles. The van der Waals surface area contributed by atoms with Crippen LogP contribution in [0.15, 0.2) is 0 Å². The molecule has 0 bridgehead atoms. The van der Waals surface area contributed by atoms with Gasteiger partial charge in [0.1, 0.15) is 11.4 Å². The molecule has 0 amide bonds. The van der Waals surface area contributed by atoms with Crippen LogP contribution in [0, 0.1) is 0 Å². The SMILES string of the molecule is COC1(c2nc3c(c(NN)n2)CCCC3)CCOCC1. The van der Waals surface area contributed by atoms with Crippen molar-refractivity contribution in [1.29, 1.82) is 0 Å². The average Bonchev–Trinajstić information content (AvgIpc) is 2.54. The summed E-state index contributed by atoms with van der Waals surface area (Å²) in [7, 11) is 1.73. The number of ether oxygens (including phenoxy) is 2. The lowest BCUT2D eigenvalue weighted by Gasteiger charge is -2.35. The first-order valence-corrected chi connectivity index (χ1v) is 7.29. The fourth-order valence-electron chi connectivity index (χ4n) is 3.14. The number of methoxy groups -OCH3 is 1. The highest BCUT2D eigenvalue weighted by atomic mass is 16.5. The molecule has 1 fully saturated rings. The molecular weight excluding hydrogens is 256 g/mol. The summed E-state index contributed by atoms with van der Waals surface area (Å²) in [4.78, 5) is 9.44. The van der Waals surface area contributed by atoms with Crippen LogP contribution < -0.4 is 11.3 Å². The van der Waals surface area contributed by atoms with Crippen LogP contribution in [0.3, 0.4) is 0 Å². The Morgan fingerprint density at radius 3 is 2.65 bits per heavy atom. The van der Waals surface area contributed by atoms with E-state index in [1.165, 1.54) is 18.4 Å². The monoisotopic (exact) mass is 278 g/mol. The maximum absolute atomic E-state index is 5.78. The van der Waals surface area contributed by atoms with Gasteiger partial charge in [0.25, 0.3) is 0 Å². The smallest absolute Gasteiger partial charge is 0.163 e. The number of nitrogen functional groups attached to an aromatic ring is 1. The second kappa shape index (κ2) is 5.63. The highest BCUT2D eigenvalue weighted by Crippen LogP contribution is 2.36. The highest BCUT2D eigenvalue weighted by molar-refractivity contribution is 5.47. The molecule has 1 aliphatic heterocycles. The molecule has 0 aromatic carbocycles. The van der Waals surface area contributed by atoms with E-state index in [4.69, 9.17) is 20.3 Å². The fraction of sp³-hybridized carbons (Fsp3) is 0.714. The third kappa shape index (κ3) is 2.28. The number of nitrogens with two attached hydrogens (primary N) is 1. The number of anilines is 1. The average molecular weight is 278 g/mol. The zero-order valence-corrected chi connectivity index (χ0v) is 11.9. The van der Waals surface area contributed by atoms with E-state index in [2.05, 4.69) is 10.4 Å². The van der Waals surface area contributed by atoms with E-state index in [1.54, 1.807) is 7.11 Å². The quantitative estimate of drug-likeness (QED) is 0.640. The van der Waals surface area contributed by atoms with Crippen molar-refractivity contribution >= 4 is 5.82 Å². The van der Waals surface area contributed by atoms with Gasteiger partial charge in [-0.05, 0) is 25.7 Å². The van der Waals surface area contributed by atoms with Crippen molar-refractivity contribution in [2.75, 3.05) is 25.7 Å². The minimum absolute atomic E-state index is 0.434. The molecule has 0 radical (unpaired) electrons. The first-order valence-electron chi connectivity index (χ1n) is 7.29. The first-order chi connectivity index (χ1) is 9.79. The van der Waals surface area contributed by atoms with Crippen molar-refractivity contribution in [3.8, 4) is 0 Å². The summed E-state index contributed by atoms with van der Waals surface area (Å²) in [6.07, 6.45) is 5.91. The number of hydrogen-bond acceptors (Lipinski definition) is 6. The number of nitrogens with zero attached hydrogens (tertiary/aromatic N) is 2. The van der Waals surface area contributed by atoms with Gasteiger partial charge in [0.05, 0.1) is 0 Å². The van der Waals surface area contributed by atoms with E-state index in [0.29, 0.717) is 13.2 Å². The molecule has 6 nitrogen and oxygen atoms in total. The van der Waals surface area contributed by atoms with Gasteiger partial charge in [-0.25, -0.2) is 15.8 Å². The molecule has 0 unspecified atom stereocenters. The van der Waals surface area contributed by atoms with Crippen molar-refractivity contribution in [2.24, 2.45) is 5.84 Å². The molecule has 0 saturated carbocycles. The number of fused-ring (bicyclic) bond motifs is 1. The van der Waals surface area contributed by atoms with E-state index >= 15 is 0 Å².